The first-order valence-corrected chi connectivity index (χ1v) is 8.89. The number of hydrogen-bond donors (Lipinski definition) is 1. The average molecular weight is 347 g/mol. The van der Waals surface area contributed by atoms with E-state index in [9.17, 15) is 4.79 Å². The van der Waals surface area contributed by atoms with Crippen molar-refractivity contribution in [2.45, 2.75) is 26.5 Å². The molecular weight excluding hydrogens is 326 g/mol. The predicted molar refractivity (Wildman–Crippen MR) is 99.8 cm³/mol. The smallest absolute Gasteiger partial charge is 0.254 e. The molecule has 0 bridgehead atoms. The Hall–Kier alpha value is -3.08. The van der Waals surface area contributed by atoms with E-state index in [1.165, 1.54) is 0 Å². The third kappa shape index (κ3) is 3.08. The molecule has 0 spiro atoms. The zero-order valence-corrected chi connectivity index (χ0v) is 14.7. The highest BCUT2D eigenvalue weighted by Gasteiger charge is 2.26. The van der Waals surface area contributed by atoms with Crippen LogP contribution in [0.1, 0.15) is 34.8 Å². The van der Waals surface area contributed by atoms with Gasteiger partial charge in [-0.1, -0.05) is 37.3 Å². The third-order valence-corrected chi connectivity index (χ3v) is 4.61. The van der Waals surface area contributed by atoms with Gasteiger partial charge >= 0.3 is 0 Å². The number of nitrogens with one attached hydrogen (secondary N) is 1. The molecule has 132 valence electrons. The fourth-order valence-corrected chi connectivity index (χ4v) is 3.33. The van der Waals surface area contributed by atoms with Crippen LogP contribution < -0.4 is 4.74 Å². The van der Waals surface area contributed by atoms with Crippen LogP contribution in [0.3, 0.4) is 0 Å². The van der Waals surface area contributed by atoms with E-state index in [2.05, 4.69) is 17.1 Å². The molecule has 5 nitrogen and oxygen atoms in total. The quantitative estimate of drug-likeness (QED) is 0.733. The first-order valence-electron chi connectivity index (χ1n) is 8.89. The number of nitrogens with zero attached hydrogens (tertiary/aromatic N) is 2. The Balaban J connectivity index is 1.49. The summed E-state index contributed by atoms with van der Waals surface area (Å²) in [5.74, 6) is 0.893. The molecule has 4 rings (SSSR count). The van der Waals surface area contributed by atoms with Gasteiger partial charge in [-0.05, 0) is 30.2 Å². The number of ether oxygens (including phenoxy) is 1. The highest BCUT2D eigenvalue weighted by molar-refractivity contribution is 5.98. The summed E-state index contributed by atoms with van der Waals surface area (Å²) in [7, 11) is 0. The fraction of sp³-hybridized carbons (Fsp3) is 0.238. The van der Waals surface area contributed by atoms with Gasteiger partial charge in [0.05, 0.1) is 5.69 Å². The van der Waals surface area contributed by atoms with Gasteiger partial charge in [0.25, 0.3) is 5.91 Å². The zero-order valence-electron chi connectivity index (χ0n) is 14.7. The summed E-state index contributed by atoms with van der Waals surface area (Å²) in [6, 6.07) is 15.8. The number of aromatic nitrogens is 2. The maximum atomic E-state index is 12.3. The lowest BCUT2D eigenvalue weighted by Crippen LogP contribution is -2.24. The van der Waals surface area contributed by atoms with E-state index in [4.69, 9.17) is 4.74 Å². The molecule has 0 fully saturated rings. The van der Waals surface area contributed by atoms with Crippen molar-refractivity contribution in [3.8, 4) is 17.0 Å². The average Bonchev–Trinajstić information content (AvgIpc) is 3.26. The Kier molecular flexibility index (Phi) is 4.44. The molecule has 2 aromatic carbocycles. The Morgan fingerprint density at radius 3 is 2.85 bits per heavy atom. The molecule has 0 saturated carbocycles. The van der Waals surface area contributed by atoms with Gasteiger partial charge in [-0.3, -0.25) is 9.89 Å². The summed E-state index contributed by atoms with van der Waals surface area (Å²) < 4.78 is 5.98. The third-order valence-electron chi connectivity index (χ3n) is 4.61. The molecule has 0 unspecified atom stereocenters. The second-order valence-electron chi connectivity index (χ2n) is 6.46. The van der Waals surface area contributed by atoms with Crippen molar-refractivity contribution in [3.63, 3.8) is 0 Å². The van der Waals surface area contributed by atoms with Crippen LogP contribution in [-0.4, -0.2) is 27.5 Å². The predicted octanol–water partition coefficient (Wildman–Crippen LogP) is 4.02. The number of benzene rings is 2. The minimum atomic E-state index is 0.120. The molecule has 5 heteroatoms. The van der Waals surface area contributed by atoms with Crippen LogP contribution in [0.2, 0.25) is 0 Å². The molecule has 1 amide bonds. The number of amides is 1. The van der Waals surface area contributed by atoms with Crippen molar-refractivity contribution in [1.29, 1.82) is 0 Å². The number of H-pyrrole nitrogens is 1. The van der Waals surface area contributed by atoms with Crippen LogP contribution in [0, 0.1) is 0 Å². The van der Waals surface area contributed by atoms with Gasteiger partial charge in [-0.15, -0.1) is 0 Å². The number of fused-ring (bicyclic) bond motifs is 1. The second-order valence-corrected chi connectivity index (χ2v) is 6.46. The van der Waals surface area contributed by atoms with Gasteiger partial charge in [-0.2, -0.15) is 5.10 Å². The lowest BCUT2D eigenvalue weighted by atomic mass is 10.1. The number of aromatic amines is 1. The molecule has 0 radical (unpaired) electrons. The monoisotopic (exact) mass is 347 g/mol. The minimum absolute atomic E-state index is 0.120. The Morgan fingerprint density at radius 1 is 1.19 bits per heavy atom. The van der Waals surface area contributed by atoms with Gasteiger partial charge in [0.1, 0.15) is 12.4 Å². The minimum Gasteiger partial charge on any atom is -0.489 e. The molecule has 0 aliphatic carbocycles. The van der Waals surface area contributed by atoms with Crippen molar-refractivity contribution in [2.75, 3.05) is 6.54 Å². The SMILES string of the molecule is CCCN1Cc2cc(OCc3c[nH]nc3-c3ccccc3)ccc2C1=O. The van der Waals surface area contributed by atoms with Gasteiger partial charge in [-0.25, -0.2) is 0 Å². The van der Waals surface area contributed by atoms with E-state index in [1.807, 2.05) is 59.6 Å². The first kappa shape index (κ1) is 16.4. The lowest BCUT2D eigenvalue weighted by Gasteiger charge is -2.13. The largest absolute Gasteiger partial charge is 0.489 e. The van der Waals surface area contributed by atoms with Crippen LogP contribution in [0.25, 0.3) is 11.3 Å². The van der Waals surface area contributed by atoms with Crippen LogP contribution in [0.5, 0.6) is 5.75 Å². The van der Waals surface area contributed by atoms with Gasteiger partial charge in [0.2, 0.25) is 0 Å². The Bertz CT molecular complexity index is 918. The summed E-state index contributed by atoms with van der Waals surface area (Å²) in [5, 5.41) is 7.26. The summed E-state index contributed by atoms with van der Waals surface area (Å²) >= 11 is 0. The van der Waals surface area contributed by atoms with Gasteiger partial charge < -0.3 is 9.64 Å². The number of hydrogen-bond acceptors (Lipinski definition) is 3. The molecule has 1 aliphatic rings. The van der Waals surface area contributed by atoms with E-state index in [-0.39, 0.29) is 5.91 Å². The number of carbonyl (C=O) groups excluding carboxylic acids is 1. The van der Waals surface area contributed by atoms with E-state index >= 15 is 0 Å². The Morgan fingerprint density at radius 2 is 2.04 bits per heavy atom. The topological polar surface area (TPSA) is 58.2 Å². The molecule has 1 aromatic heterocycles. The summed E-state index contributed by atoms with van der Waals surface area (Å²) in [6.07, 6.45) is 2.83. The highest BCUT2D eigenvalue weighted by Crippen LogP contribution is 2.28. The van der Waals surface area contributed by atoms with E-state index in [0.29, 0.717) is 13.2 Å². The first-order chi connectivity index (χ1) is 12.8. The molecule has 1 N–H and O–H groups in total. The fourth-order valence-electron chi connectivity index (χ4n) is 3.33. The molecular formula is C21H21N3O2. The normalized spacial score (nSPS) is 13.1. The summed E-state index contributed by atoms with van der Waals surface area (Å²) in [5.41, 5.74) is 4.79. The van der Waals surface area contributed by atoms with Gasteiger partial charge in [0, 0.05) is 36.0 Å². The molecule has 1 aliphatic heterocycles. The molecule has 0 atom stereocenters. The van der Waals surface area contributed by atoms with Crippen molar-refractivity contribution in [3.05, 3.63) is 71.4 Å². The second kappa shape index (κ2) is 7.04. The molecule has 2 heterocycles. The lowest BCUT2D eigenvalue weighted by molar-refractivity contribution is 0.0778. The highest BCUT2D eigenvalue weighted by atomic mass is 16.5. The number of rotatable bonds is 6. The van der Waals surface area contributed by atoms with E-state index in [1.54, 1.807) is 0 Å². The van der Waals surface area contributed by atoms with E-state index in [0.717, 1.165) is 46.7 Å². The van der Waals surface area contributed by atoms with Gasteiger partial charge in [0.15, 0.2) is 0 Å². The molecule has 0 saturated heterocycles. The summed E-state index contributed by atoms with van der Waals surface area (Å²) in [6.45, 7) is 3.96. The van der Waals surface area contributed by atoms with Crippen LogP contribution in [0.15, 0.2) is 54.7 Å². The van der Waals surface area contributed by atoms with Crippen molar-refractivity contribution < 1.29 is 9.53 Å². The Labute approximate surface area is 152 Å². The molecule has 3 aromatic rings. The van der Waals surface area contributed by atoms with Crippen LogP contribution >= 0.6 is 0 Å². The maximum absolute atomic E-state index is 12.3. The van der Waals surface area contributed by atoms with E-state index < -0.39 is 0 Å². The van der Waals surface area contributed by atoms with Crippen LogP contribution in [-0.2, 0) is 13.2 Å². The van der Waals surface area contributed by atoms with Crippen molar-refractivity contribution >= 4 is 5.91 Å². The number of carbonyl (C=O) groups is 1. The molecule has 26 heavy (non-hydrogen) atoms. The standard InChI is InChI=1S/C21H21N3O2/c1-2-10-24-13-16-11-18(8-9-19(16)21(24)25)26-14-17-12-22-23-20(17)15-6-4-3-5-7-15/h3-9,11-12H,2,10,13-14H2,1H3,(H,22,23). The van der Waals surface area contributed by atoms with Crippen molar-refractivity contribution in [2.24, 2.45) is 0 Å². The summed E-state index contributed by atoms with van der Waals surface area (Å²) in [4.78, 5) is 14.2. The van der Waals surface area contributed by atoms with Crippen molar-refractivity contribution in [1.82, 2.24) is 15.1 Å². The van der Waals surface area contributed by atoms with Crippen LogP contribution in [0.4, 0.5) is 0 Å². The zero-order chi connectivity index (χ0) is 17.9. The maximum Gasteiger partial charge on any atom is 0.254 e.